The Morgan fingerprint density at radius 1 is 1.75 bits per heavy atom. The molecule has 0 amide bonds. The summed E-state index contributed by atoms with van der Waals surface area (Å²) in [5.74, 6) is 0. The zero-order valence-corrected chi connectivity index (χ0v) is 5.37. The van der Waals surface area contributed by atoms with Crippen molar-refractivity contribution in [2.24, 2.45) is 5.73 Å². The summed E-state index contributed by atoms with van der Waals surface area (Å²) in [7, 11) is 0. The van der Waals surface area contributed by atoms with Gasteiger partial charge in [0.05, 0.1) is 17.5 Å². The van der Waals surface area contributed by atoms with Crippen LogP contribution in [0.4, 0.5) is 0 Å². The summed E-state index contributed by atoms with van der Waals surface area (Å²) in [6, 6.07) is 1.80. The molecule has 0 unspecified atom stereocenters. The zero-order valence-electron chi connectivity index (χ0n) is 4.55. The van der Waals surface area contributed by atoms with Gasteiger partial charge in [0.2, 0.25) is 0 Å². The lowest BCUT2D eigenvalue weighted by Gasteiger charge is -1.76. The SMILES string of the molecule is C=C.N#CCC(N)=S. The Labute approximate surface area is 54.6 Å². The first-order valence-electron chi connectivity index (χ1n) is 1.92. The first kappa shape index (κ1) is 10.2. The fraction of sp³-hybridized carbons (Fsp3) is 0.200. The lowest BCUT2D eigenvalue weighted by molar-refractivity contribution is 1.40. The number of hydrogen-bond donors (Lipinski definition) is 1. The minimum absolute atomic E-state index is 0.190. The molecule has 0 aromatic heterocycles. The second kappa shape index (κ2) is 9.45. The molecule has 0 spiro atoms. The summed E-state index contributed by atoms with van der Waals surface area (Å²) in [5.41, 5.74) is 4.91. The summed E-state index contributed by atoms with van der Waals surface area (Å²) in [6.45, 7) is 6.00. The van der Waals surface area contributed by atoms with Crippen LogP contribution in [-0.4, -0.2) is 4.99 Å². The largest absolute Gasteiger partial charge is 0.392 e. The fourth-order valence-corrected chi connectivity index (χ4v) is 0.142. The van der Waals surface area contributed by atoms with Crippen LogP contribution in [0.2, 0.25) is 0 Å². The number of rotatable bonds is 1. The molecule has 0 aromatic carbocycles. The van der Waals surface area contributed by atoms with Crippen molar-refractivity contribution >= 4 is 17.2 Å². The fourth-order valence-electron chi connectivity index (χ4n) is 0.0779. The molecule has 0 aromatic rings. The van der Waals surface area contributed by atoms with E-state index in [1.54, 1.807) is 6.07 Å². The van der Waals surface area contributed by atoms with Crippen LogP contribution in [0.3, 0.4) is 0 Å². The molecule has 3 heteroatoms. The van der Waals surface area contributed by atoms with Gasteiger partial charge >= 0.3 is 0 Å². The highest BCUT2D eigenvalue weighted by atomic mass is 32.1. The molecule has 0 atom stereocenters. The maximum atomic E-state index is 7.82. The molecule has 8 heavy (non-hydrogen) atoms. The van der Waals surface area contributed by atoms with Crippen molar-refractivity contribution in [3.8, 4) is 6.07 Å². The van der Waals surface area contributed by atoms with E-state index in [2.05, 4.69) is 25.4 Å². The van der Waals surface area contributed by atoms with Crippen LogP contribution in [0.25, 0.3) is 0 Å². The molecule has 0 heterocycles. The summed E-state index contributed by atoms with van der Waals surface area (Å²) >= 11 is 4.35. The lowest BCUT2D eigenvalue weighted by atomic mass is 10.5. The maximum Gasteiger partial charge on any atom is 0.0870 e. The van der Waals surface area contributed by atoms with Crippen LogP contribution in [-0.2, 0) is 0 Å². The first-order chi connectivity index (χ1) is 3.77. The Hall–Kier alpha value is -0.880. The molecule has 0 rings (SSSR count). The highest BCUT2D eigenvalue weighted by Crippen LogP contribution is 1.70. The quantitative estimate of drug-likeness (QED) is 0.423. The van der Waals surface area contributed by atoms with E-state index < -0.39 is 0 Å². The third-order valence-electron chi connectivity index (χ3n) is 0.253. The van der Waals surface area contributed by atoms with Crippen molar-refractivity contribution in [1.82, 2.24) is 0 Å². The number of nitrogens with two attached hydrogens (primary N) is 1. The normalized spacial score (nSPS) is 5.38. The van der Waals surface area contributed by atoms with Crippen molar-refractivity contribution in [3.05, 3.63) is 13.2 Å². The standard InChI is InChI=1S/C3H4N2S.C2H4/c4-2-1-3(5)6;1-2/h1H2,(H2,5,6);1-2H2. The summed E-state index contributed by atoms with van der Waals surface area (Å²) < 4.78 is 0. The third-order valence-corrected chi connectivity index (χ3v) is 0.398. The Morgan fingerprint density at radius 3 is 2.12 bits per heavy atom. The number of nitriles is 1. The van der Waals surface area contributed by atoms with Crippen LogP contribution >= 0.6 is 12.2 Å². The van der Waals surface area contributed by atoms with Gasteiger partial charge < -0.3 is 5.73 Å². The van der Waals surface area contributed by atoms with E-state index in [9.17, 15) is 0 Å². The molecule has 0 aliphatic rings. The van der Waals surface area contributed by atoms with Gasteiger partial charge in [-0.05, 0) is 0 Å². The molecule has 44 valence electrons. The monoisotopic (exact) mass is 128 g/mol. The molecule has 0 bridgehead atoms. The van der Waals surface area contributed by atoms with Gasteiger partial charge in [-0.3, -0.25) is 0 Å². The zero-order chi connectivity index (χ0) is 6.99. The second-order valence-corrected chi connectivity index (χ2v) is 1.33. The van der Waals surface area contributed by atoms with Crippen LogP contribution in [0, 0.1) is 11.3 Å². The van der Waals surface area contributed by atoms with E-state index in [1.807, 2.05) is 0 Å². The topological polar surface area (TPSA) is 49.8 Å². The van der Waals surface area contributed by atoms with Gasteiger partial charge in [0, 0.05) is 0 Å². The molecule has 0 radical (unpaired) electrons. The first-order valence-corrected chi connectivity index (χ1v) is 2.33. The van der Waals surface area contributed by atoms with E-state index in [0.29, 0.717) is 0 Å². The van der Waals surface area contributed by atoms with Gasteiger partial charge in [-0.2, -0.15) is 5.26 Å². The molecule has 2 nitrogen and oxygen atoms in total. The van der Waals surface area contributed by atoms with E-state index in [0.717, 1.165) is 0 Å². The van der Waals surface area contributed by atoms with Crippen molar-refractivity contribution < 1.29 is 0 Å². The molecule has 0 saturated carbocycles. The van der Waals surface area contributed by atoms with Crippen molar-refractivity contribution in [3.63, 3.8) is 0 Å². The van der Waals surface area contributed by atoms with Crippen LogP contribution in [0.15, 0.2) is 13.2 Å². The lowest BCUT2D eigenvalue weighted by Crippen LogP contribution is -2.04. The molecule has 0 fully saturated rings. The number of nitrogens with zero attached hydrogens (tertiary/aromatic N) is 1. The van der Waals surface area contributed by atoms with Gasteiger partial charge in [-0.15, -0.1) is 13.2 Å². The van der Waals surface area contributed by atoms with Crippen LogP contribution < -0.4 is 5.73 Å². The van der Waals surface area contributed by atoms with Gasteiger partial charge in [0.1, 0.15) is 0 Å². The molecule has 2 N–H and O–H groups in total. The minimum Gasteiger partial charge on any atom is -0.392 e. The second-order valence-electron chi connectivity index (χ2n) is 0.801. The number of thiocarbonyl (C=S) groups is 1. The van der Waals surface area contributed by atoms with Crippen molar-refractivity contribution in [2.75, 3.05) is 0 Å². The molecule has 0 saturated heterocycles. The highest BCUT2D eigenvalue weighted by Gasteiger charge is 1.78. The molecular weight excluding hydrogens is 120 g/mol. The van der Waals surface area contributed by atoms with Crippen LogP contribution in [0.5, 0.6) is 0 Å². The average molecular weight is 128 g/mol. The summed E-state index contributed by atoms with van der Waals surface area (Å²) in [6.07, 6.45) is 0.190. The van der Waals surface area contributed by atoms with Crippen molar-refractivity contribution in [2.45, 2.75) is 6.42 Å². The van der Waals surface area contributed by atoms with Crippen LogP contribution in [0.1, 0.15) is 6.42 Å². The predicted molar refractivity (Wildman–Crippen MR) is 38.3 cm³/mol. The van der Waals surface area contributed by atoms with E-state index in [1.165, 1.54) is 0 Å². The Kier molecular flexibility index (Phi) is 12.0. The smallest absolute Gasteiger partial charge is 0.0870 e. The third kappa shape index (κ3) is 19.3. The van der Waals surface area contributed by atoms with Gasteiger partial charge in [0.15, 0.2) is 0 Å². The highest BCUT2D eigenvalue weighted by molar-refractivity contribution is 7.80. The molecule has 0 aliphatic heterocycles. The van der Waals surface area contributed by atoms with E-state index in [4.69, 9.17) is 11.0 Å². The van der Waals surface area contributed by atoms with Gasteiger partial charge in [-0.1, -0.05) is 12.2 Å². The van der Waals surface area contributed by atoms with E-state index in [-0.39, 0.29) is 11.4 Å². The Bertz CT molecular complexity index is 103. The van der Waals surface area contributed by atoms with Gasteiger partial charge in [-0.25, -0.2) is 0 Å². The van der Waals surface area contributed by atoms with E-state index >= 15 is 0 Å². The van der Waals surface area contributed by atoms with Gasteiger partial charge in [0.25, 0.3) is 0 Å². The maximum absolute atomic E-state index is 7.82. The van der Waals surface area contributed by atoms with Crippen molar-refractivity contribution in [1.29, 1.82) is 5.26 Å². The average Bonchev–Trinajstić information content (AvgIpc) is 1.72. The number of hydrogen-bond acceptors (Lipinski definition) is 2. The summed E-state index contributed by atoms with van der Waals surface area (Å²) in [4.78, 5) is 0.262. The molecule has 0 aliphatic carbocycles. The summed E-state index contributed by atoms with van der Waals surface area (Å²) in [5, 5.41) is 7.82. The minimum atomic E-state index is 0.190. The molecular formula is C5H8N2S. The predicted octanol–water partition coefficient (Wildman–Crippen LogP) is 0.988. The Morgan fingerprint density at radius 2 is 2.12 bits per heavy atom. The Balaban J connectivity index is 0.